The normalized spacial score (nSPS) is 12.2. The van der Waals surface area contributed by atoms with Gasteiger partial charge in [-0.1, -0.05) is 26.3 Å². The molecule has 1 aromatic rings. The largest absolute Gasteiger partial charge is 0.462 e. The van der Waals surface area contributed by atoms with Crippen LogP contribution in [-0.4, -0.2) is 12.6 Å². The first-order valence-electron chi connectivity index (χ1n) is 5.56. The Morgan fingerprint density at radius 1 is 1.50 bits per heavy atom. The highest BCUT2D eigenvalue weighted by Gasteiger charge is 2.09. The van der Waals surface area contributed by atoms with Gasteiger partial charge in [0, 0.05) is 0 Å². The summed E-state index contributed by atoms with van der Waals surface area (Å²) in [5.74, 6) is -0.527. The first-order valence-corrected chi connectivity index (χ1v) is 5.56. The Balaban J connectivity index is 2.47. The lowest BCUT2D eigenvalue weighted by molar-refractivity contribution is 0.0443. The van der Waals surface area contributed by atoms with Crippen molar-refractivity contribution >= 4 is 5.97 Å². The van der Waals surface area contributed by atoms with Gasteiger partial charge in [0.2, 0.25) is 0 Å². The molecule has 1 unspecified atom stereocenters. The second kappa shape index (κ2) is 6.26. The highest BCUT2D eigenvalue weighted by atomic mass is 19.1. The molecule has 16 heavy (non-hydrogen) atoms. The minimum atomic E-state index is -0.456. The highest BCUT2D eigenvalue weighted by molar-refractivity contribution is 5.89. The maximum atomic E-state index is 12.8. The lowest BCUT2D eigenvalue weighted by Gasteiger charge is -2.10. The van der Waals surface area contributed by atoms with Crippen LogP contribution in [0.4, 0.5) is 4.39 Å². The van der Waals surface area contributed by atoms with Gasteiger partial charge in [0.25, 0.3) is 0 Å². The number of hydrogen-bond donors (Lipinski definition) is 0. The Labute approximate surface area is 95.4 Å². The molecule has 1 atom stereocenters. The third kappa shape index (κ3) is 4.01. The Morgan fingerprint density at radius 3 is 2.88 bits per heavy atom. The molecule has 0 fully saturated rings. The summed E-state index contributed by atoms with van der Waals surface area (Å²) in [7, 11) is 0. The molecular weight excluding hydrogens is 207 g/mol. The van der Waals surface area contributed by atoms with Crippen LogP contribution in [0.2, 0.25) is 0 Å². The summed E-state index contributed by atoms with van der Waals surface area (Å²) in [4.78, 5) is 11.5. The minimum absolute atomic E-state index is 0.267. The van der Waals surface area contributed by atoms with E-state index in [-0.39, 0.29) is 5.56 Å². The molecule has 1 aromatic carbocycles. The zero-order valence-corrected chi connectivity index (χ0v) is 9.70. The van der Waals surface area contributed by atoms with E-state index in [0.717, 1.165) is 12.8 Å². The van der Waals surface area contributed by atoms with Crippen LogP contribution in [0, 0.1) is 11.7 Å². The molecule has 0 aliphatic rings. The number of hydrogen-bond acceptors (Lipinski definition) is 2. The third-order valence-electron chi connectivity index (χ3n) is 2.34. The summed E-state index contributed by atoms with van der Waals surface area (Å²) in [5, 5.41) is 0. The van der Waals surface area contributed by atoms with Crippen molar-refractivity contribution in [1.82, 2.24) is 0 Å². The average Bonchev–Trinajstić information content (AvgIpc) is 2.26. The summed E-state index contributed by atoms with van der Waals surface area (Å²) in [6.45, 7) is 4.51. The van der Waals surface area contributed by atoms with Crippen molar-refractivity contribution < 1.29 is 13.9 Å². The minimum Gasteiger partial charge on any atom is -0.462 e. The van der Waals surface area contributed by atoms with Crippen LogP contribution < -0.4 is 0 Å². The van der Waals surface area contributed by atoms with Gasteiger partial charge >= 0.3 is 5.97 Å². The molecular formula is C13H17FO2. The topological polar surface area (TPSA) is 26.3 Å². The van der Waals surface area contributed by atoms with E-state index in [1.807, 2.05) is 6.92 Å². The molecule has 88 valence electrons. The second-order valence-corrected chi connectivity index (χ2v) is 4.00. The van der Waals surface area contributed by atoms with Crippen molar-refractivity contribution in [2.75, 3.05) is 6.61 Å². The number of esters is 1. The fourth-order valence-electron chi connectivity index (χ4n) is 1.49. The van der Waals surface area contributed by atoms with Gasteiger partial charge in [-0.2, -0.15) is 0 Å². The fourth-order valence-corrected chi connectivity index (χ4v) is 1.49. The number of halogens is 1. The number of benzene rings is 1. The van der Waals surface area contributed by atoms with Gasteiger partial charge in [-0.25, -0.2) is 9.18 Å². The molecule has 1 rings (SSSR count). The van der Waals surface area contributed by atoms with Crippen LogP contribution in [-0.2, 0) is 4.74 Å². The molecule has 0 aliphatic carbocycles. The SMILES string of the molecule is CCCC(C)COC(=O)c1cccc(F)c1. The van der Waals surface area contributed by atoms with E-state index in [1.54, 1.807) is 6.07 Å². The number of ether oxygens (including phenoxy) is 1. The molecule has 0 spiro atoms. The summed E-state index contributed by atoms with van der Waals surface area (Å²) in [6, 6.07) is 5.54. The van der Waals surface area contributed by atoms with Gasteiger partial charge in [0.15, 0.2) is 0 Å². The van der Waals surface area contributed by atoms with E-state index in [2.05, 4.69) is 6.92 Å². The molecule has 0 saturated heterocycles. The van der Waals surface area contributed by atoms with Crippen molar-refractivity contribution in [2.24, 2.45) is 5.92 Å². The van der Waals surface area contributed by atoms with Crippen molar-refractivity contribution in [2.45, 2.75) is 26.7 Å². The van der Waals surface area contributed by atoms with Crippen LogP contribution >= 0.6 is 0 Å². The zero-order valence-electron chi connectivity index (χ0n) is 9.70. The third-order valence-corrected chi connectivity index (χ3v) is 2.34. The van der Waals surface area contributed by atoms with E-state index >= 15 is 0 Å². The second-order valence-electron chi connectivity index (χ2n) is 4.00. The Morgan fingerprint density at radius 2 is 2.25 bits per heavy atom. The molecule has 0 heterocycles. The van der Waals surface area contributed by atoms with Gasteiger partial charge in [0.05, 0.1) is 12.2 Å². The maximum Gasteiger partial charge on any atom is 0.338 e. The van der Waals surface area contributed by atoms with E-state index in [4.69, 9.17) is 4.74 Å². The van der Waals surface area contributed by atoms with E-state index < -0.39 is 11.8 Å². The summed E-state index contributed by atoms with van der Waals surface area (Å²) >= 11 is 0. The number of carbonyl (C=O) groups excluding carboxylic acids is 1. The quantitative estimate of drug-likeness (QED) is 0.716. The Kier molecular flexibility index (Phi) is 4.96. The van der Waals surface area contributed by atoms with Crippen molar-refractivity contribution in [1.29, 1.82) is 0 Å². The predicted octanol–water partition coefficient (Wildman–Crippen LogP) is 3.42. The van der Waals surface area contributed by atoms with Gasteiger partial charge in [-0.15, -0.1) is 0 Å². The van der Waals surface area contributed by atoms with Gasteiger partial charge < -0.3 is 4.74 Å². The Bertz CT molecular complexity index is 350. The van der Waals surface area contributed by atoms with Crippen molar-refractivity contribution in [3.63, 3.8) is 0 Å². The monoisotopic (exact) mass is 224 g/mol. The lowest BCUT2D eigenvalue weighted by atomic mass is 10.1. The van der Waals surface area contributed by atoms with E-state index in [9.17, 15) is 9.18 Å². The smallest absolute Gasteiger partial charge is 0.338 e. The van der Waals surface area contributed by atoms with Gasteiger partial charge in [-0.05, 0) is 30.5 Å². The molecule has 0 aromatic heterocycles. The Hall–Kier alpha value is -1.38. The first kappa shape index (κ1) is 12.7. The van der Waals surface area contributed by atoms with Crippen LogP contribution in [0.3, 0.4) is 0 Å². The lowest BCUT2D eigenvalue weighted by Crippen LogP contribution is -2.12. The number of rotatable bonds is 5. The summed E-state index contributed by atoms with van der Waals surface area (Å²) in [5.41, 5.74) is 0.267. The molecule has 0 saturated carbocycles. The molecule has 0 aliphatic heterocycles. The van der Waals surface area contributed by atoms with Crippen molar-refractivity contribution in [3.8, 4) is 0 Å². The van der Waals surface area contributed by atoms with Crippen LogP contribution in [0.1, 0.15) is 37.0 Å². The molecule has 0 N–H and O–H groups in total. The van der Waals surface area contributed by atoms with E-state index in [1.165, 1.54) is 18.2 Å². The van der Waals surface area contributed by atoms with Crippen LogP contribution in [0.5, 0.6) is 0 Å². The molecule has 3 heteroatoms. The number of carbonyl (C=O) groups is 1. The van der Waals surface area contributed by atoms with Crippen LogP contribution in [0.25, 0.3) is 0 Å². The molecule has 2 nitrogen and oxygen atoms in total. The maximum absolute atomic E-state index is 12.8. The molecule has 0 radical (unpaired) electrons. The average molecular weight is 224 g/mol. The van der Waals surface area contributed by atoms with Gasteiger partial charge in [-0.3, -0.25) is 0 Å². The standard InChI is InChI=1S/C13H17FO2/c1-3-5-10(2)9-16-13(15)11-6-4-7-12(14)8-11/h4,6-8,10H,3,5,9H2,1-2H3. The van der Waals surface area contributed by atoms with E-state index in [0.29, 0.717) is 12.5 Å². The van der Waals surface area contributed by atoms with Crippen LogP contribution in [0.15, 0.2) is 24.3 Å². The zero-order chi connectivity index (χ0) is 12.0. The first-order chi connectivity index (χ1) is 7.63. The molecule has 0 bridgehead atoms. The van der Waals surface area contributed by atoms with Crippen molar-refractivity contribution in [3.05, 3.63) is 35.6 Å². The predicted molar refractivity (Wildman–Crippen MR) is 60.8 cm³/mol. The van der Waals surface area contributed by atoms with Gasteiger partial charge in [0.1, 0.15) is 5.82 Å². The summed E-state index contributed by atoms with van der Waals surface area (Å²) in [6.07, 6.45) is 2.09. The summed E-state index contributed by atoms with van der Waals surface area (Å²) < 4.78 is 17.9. The highest BCUT2D eigenvalue weighted by Crippen LogP contribution is 2.09. The molecule has 0 amide bonds. The fraction of sp³-hybridized carbons (Fsp3) is 0.462.